The lowest BCUT2D eigenvalue weighted by Gasteiger charge is -2.17. The van der Waals surface area contributed by atoms with Gasteiger partial charge < -0.3 is 5.11 Å². The fourth-order valence-electron chi connectivity index (χ4n) is 2.02. The Morgan fingerprint density at radius 2 is 2.21 bits per heavy atom. The smallest absolute Gasteiger partial charge is 0.0802 e. The van der Waals surface area contributed by atoms with Gasteiger partial charge in [0.15, 0.2) is 0 Å². The zero-order valence-corrected chi connectivity index (χ0v) is 8.66. The fraction of sp³-hybridized carbons (Fsp3) is 0.583. The predicted molar refractivity (Wildman–Crippen MR) is 56.1 cm³/mol. The molecule has 0 unspecified atom stereocenters. The highest BCUT2D eigenvalue weighted by Crippen LogP contribution is 2.23. The van der Waals surface area contributed by atoms with Crippen LogP contribution in [0.25, 0.3) is 0 Å². The minimum Gasteiger partial charge on any atom is -0.388 e. The van der Waals surface area contributed by atoms with E-state index in [-0.39, 0.29) is 6.10 Å². The Morgan fingerprint density at radius 3 is 3.00 bits per heavy atom. The van der Waals surface area contributed by atoms with Crippen molar-refractivity contribution in [3.05, 3.63) is 29.1 Å². The minimum absolute atomic E-state index is 0.338. The van der Waals surface area contributed by atoms with Gasteiger partial charge in [-0.3, -0.25) is 4.98 Å². The summed E-state index contributed by atoms with van der Waals surface area (Å²) in [6.07, 6.45) is 7.02. The Kier molecular flexibility index (Phi) is 2.82. The van der Waals surface area contributed by atoms with E-state index in [1.165, 1.54) is 24.1 Å². The number of nitrogens with zero attached hydrogens (tertiary/aromatic N) is 1. The lowest BCUT2D eigenvalue weighted by Crippen LogP contribution is -2.07. The first kappa shape index (κ1) is 9.66. The first-order chi connectivity index (χ1) is 6.81. The van der Waals surface area contributed by atoms with Crippen molar-refractivity contribution in [1.82, 2.24) is 4.98 Å². The van der Waals surface area contributed by atoms with Gasteiger partial charge in [-0.1, -0.05) is 6.92 Å². The van der Waals surface area contributed by atoms with E-state index in [9.17, 15) is 5.11 Å². The Balaban J connectivity index is 2.29. The van der Waals surface area contributed by atoms with Gasteiger partial charge in [0.1, 0.15) is 0 Å². The molecule has 0 radical (unpaired) electrons. The summed E-state index contributed by atoms with van der Waals surface area (Å²) in [5.41, 5.74) is 3.57. The molecule has 1 aromatic rings. The van der Waals surface area contributed by atoms with Crippen molar-refractivity contribution >= 4 is 0 Å². The van der Waals surface area contributed by atoms with E-state index in [4.69, 9.17) is 0 Å². The number of aliphatic hydroxyl groups is 1. The molecule has 2 heteroatoms. The molecule has 1 aliphatic rings. The first-order valence-electron chi connectivity index (χ1n) is 5.47. The molecule has 1 atom stereocenters. The molecule has 2 rings (SSSR count). The van der Waals surface area contributed by atoms with Crippen molar-refractivity contribution in [2.75, 3.05) is 0 Å². The van der Waals surface area contributed by atoms with Crippen molar-refractivity contribution in [1.29, 1.82) is 0 Å². The Hall–Kier alpha value is -0.890. The molecule has 1 heterocycles. The molecular weight excluding hydrogens is 174 g/mol. The van der Waals surface area contributed by atoms with Crippen molar-refractivity contribution in [2.24, 2.45) is 0 Å². The van der Waals surface area contributed by atoms with Crippen molar-refractivity contribution in [2.45, 2.75) is 45.1 Å². The maximum Gasteiger partial charge on any atom is 0.0802 e. The van der Waals surface area contributed by atoms with Crippen molar-refractivity contribution in [3.8, 4) is 0 Å². The molecule has 76 valence electrons. The fourth-order valence-corrected chi connectivity index (χ4v) is 2.02. The summed E-state index contributed by atoms with van der Waals surface area (Å²) in [6, 6.07) is 2.13. The number of aromatic nitrogens is 1. The van der Waals surface area contributed by atoms with Crippen LogP contribution in [0.4, 0.5) is 0 Å². The summed E-state index contributed by atoms with van der Waals surface area (Å²) in [5.74, 6) is 0. The molecule has 1 aliphatic carbocycles. The van der Waals surface area contributed by atoms with Gasteiger partial charge in [-0.2, -0.15) is 0 Å². The average Bonchev–Trinajstić information content (AvgIpc) is 2.27. The third kappa shape index (κ3) is 1.80. The van der Waals surface area contributed by atoms with Crippen LogP contribution in [-0.2, 0) is 12.8 Å². The van der Waals surface area contributed by atoms with Crippen LogP contribution in [0.15, 0.2) is 12.3 Å². The molecular formula is C12H17NO. The quantitative estimate of drug-likeness (QED) is 0.778. The first-order valence-corrected chi connectivity index (χ1v) is 5.47. The highest BCUT2D eigenvalue weighted by atomic mass is 16.3. The van der Waals surface area contributed by atoms with E-state index in [1.807, 2.05) is 13.1 Å². The number of hydrogen-bond donors (Lipinski definition) is 1. The second kappa shape index (κ2) is 4.09. The Morgan fingerprint density at radius 1 is 1.43 bits per heavy atom. The number of hydrogen-bond acceptors (Lipinski definition) is 2. The van der Waals surface area contributed by atoms with Gasteiger partial charge in [-0.25, -0.2) is 0 Å². The lowest BCUT2D eigenvalue weighted by molar-refractivity contribution is 0.173. The summed E-state index contributed by atoms with van der Waals surface area (Å²) in [6.45, 7) is 1.99. The van der Waals surface area contributed by atoms with Crippen LogP contribution in [0.5, 0.6) is 0 Å². The third-order valence-corrected chi connectivity index (χ3v) is 2.96. The van der Waals surface area contributed by atoms with Gasteiger partial charge in [0.2, 0.25) is 0 Å². The maximum absolute atomic E-state index is 9.69. The average molecular weight is 191 g/mol. The molecule has 0 aliphatic heterocycles. The molecule has 14 heavy (non-hydrogen) atoms. The van der Waals surface area contributed by atoms with Gasteiger partial charge in [0.05, 0.1) is 6.10 Å². The second-order valence-electron chi connectivity index (χ2n) is 4.01. The van der Waals surface area contributed by atoms with Crippen LogP contribution in [0, 0.1) is 0 Å². The van der Waals surface area contributed by atoms with Gasteiger partial charge >= 0.3 is 0 Å². The third-order valence-electron chi connectivity index (χ3n) is 2.96. The summed E-state index contributed by atoms with van der Waals surface area (Å²) in [7, 11) is 0. The molecule has 0 amide bonds. The van der Waals surface area contributed by atoms with E-state index in [0.29, 0.717) is 0 Å². The van der Waals surface area contributed by atoms with E-state index < -0.39 is 0 Å². The monoisotopic (exact) mass is 191 g/mol. The molecule has 2 nitrogen and oxygen atoms in total. The minimum atomic E-state index is -0.338. The van der Waals surface area contributed by atoms with Crippen LogP contribution < -0.4 is 0 Å². The van der Waals surface area contributed by atoms with Gasteiger partial charge in [-0.05, 0) is 49.3 Å². The molecule has 0 saturated heterocycles. The zero-order chi connectivity index (χ0) is 9.97. The van der Waals surface area contributed by atoms with E-state index in [1.54, 1.807) is 0 Å². The van der Waals surface area contributed by atoms with Crippen LogP contribution >= 0.6 is 0 Å². The summed E-state index contributed by atoms with van der Waals surface area (Å²) < 4.78 is 0. The number of pyridine rings is 1. The number of aliphatic hydroxyl groups excluding tert-OH is 1. The summed E-state index contributed by atoms with van der Waals surface area (Å²) in [5, 5.41) is 9.69. The van der Waals surface area contributed by atoms with Crippen LogP contribution in [-0.4, -0.2) is 10.1 Å². The highest BCUT2D eigenvalue weighted by Gasteiger charge is 2.13. The van der Waals surface area contributed by atoms with E-state index in [2.05, 4.69) is 11.1 Å². The topological polar surface area (TPSA) is 33.1 Å². The van der Waals surface area contributed by atoms with E-state index >= 15 is 0 Å². The van der Waals surface area contributed by atoms with Crippen LogP contribution in [0.2, 0.25) is 0 Å². The zero-order valence-electron chi connectivity index (χ0n) is 8.66. The molecule has 0 fully saturated rings. The molecule has 1 N–H and O–H groups in total. The van der Waals surface area contributed by atoms with Crippen molar-refractivity contribution < 1.29 is 5.11 Å². The summed E-state index contributed by atoms with van der Waals surface area (Å²) in [4.78, 5) is 4.43. The summed E-state index contributed by atoms with van der Waals surface area (Å²) >= 11 is 0. The van der Waals surface area contributed by atoms with Gasteiger partial charge in [0, 0.05) is 11.9 Å². The van der Waals surface area contributed by atoms with Crippen LogP contribution in [0.1, 0.15) is 49.1 Å². The Bertz CT molecular complexity index is 322. The largest absolute Gasteiger partial charge is 0.388 e. The van der Waals surface area contributed by atoms with Gasteiger partial charge in [-0.15, -0.1) is 0 Å². The maximum atomic E-state index is 9.69. The van der Waals surface area contributed by atoms with Crippen LogP contribution in [0.3, 0.4) is 0 Å². The highest BCUT2D eigenvalue weighted by molar-refractivity contribution is 5.28. The van der Waals surface area contributed by atoms with E-state index in [0.717, 1.165) is 24.8 Å². The lowest BCUT2D eigenvalue weighted by atomic mass is 9.94. The SMILES string of the molecule is CC[C@@H](O)c1cnc2c(c1)CCCC2. The Labute approximate surface area is 85.0 Å². The number of fused-ring (bicyclic) bond motifs is 1. The molecule has 0 bridgehead atoms. The standard InChI is InChI=1S/C12H17NO/c1-2-12(14)10-7-9-5-3-4-6-11(9)13-8-10/h7-8,12,14H,2-6H2,1H3/t12-/m1/s1. The predicted octanol–water partition coefficient (Wildman–Crippen LogP) is 2.40. The second-order valence-corrected chi connectivity index (χ2v) is 4.01. The molecule has 1 aromatic heterocycles. The number of rotatable bonds is 2. The number of aryl methyl sites for hydroxylation is 2. The molecule has 0 spiro atoms. The van der Waals surface area contributed by atoms with Gasteiger partial charge in [0.25, 0.3) is 0 Å². The normalized spacial score (nSPS) is 17.6. The molecule has 0 aromatic carbocycles. The van der Waals surface area contributed by atoms with Crippen molar-refractivity contribution in [3.63, 3.8) is 0 Å². The molecule has 0 saturated carbocycles.